The van der Waals surface area contributed by atoms with E-state index in [1.54, 1.807) is 18.3 Å². The highest BCUT2D eigenvalue weighted by Crippen LogP contribution is 2.34. The number of halogens is 2. The van der Waals surface area contributed by atoms with Crippen molar-refractivity contribution in [1.82, 2.24) is 4.98 Å². The number of alkyl halides is 1. The predicted octanol–water partition coefficient (Wildman–Crippen LogP) is 4.06. The summed E-state index contributed by atoms with van der Waals surface area (Å²) in [6.45, 7) is 1.96. The zero-order valence-electron chi connectivity index (χ0n) is 10.9. The molecule has 0 aliphatic heterocycles. The lowest BCUT2D eigenvalue weighted by molar-refractivity contribution is 0.403. The molecule has 0 radical (unpaired) electrons. The van der Waals surface area contributed by atoms with Gasteiger partial charge in [-0.2, -0.15) is 0 Å². The standard InChI is InChI=1S/C15H15ClFNO/c1-10-5-4-8-18-13(10)9-11(16)15-12(17)6-3-7-14(15)19-2/h3-8,11H,9H2,1-2H3. The Morgan fingerprint density at radius 3 is 2.79 bits per heavy atom. The summed E-state index contributed by atoms with van der Waals surface area (Å²) < 4.78 is 19.1. The van der Waals surface area contributed by atoms with Crippen molar-refractivity contribution in [2.75, 3.05) is 7.11 Å². The van der Waals surface area contributed by atoms with Crippen LogP contribution in [0.1, 0.15) is 22.2 Å². The van der Waals surface area contributed by atoms with Crippen molar-refractivity contribution < 1.29 is 9.13 Å². The molecule has 1 atom stereocenters. The lowest BCUT2D eigenvalue weighted by Gasteiger charge is -2.15. The Balaban J connectivity index is 2.30. The van der Waals surface area contributed by atoms with Crippen molar-refractivity contribution in [2.24, 2.45) is 0 Å². The van der Waals surface area contributed by atoms with Crippen molar-refractivity contribution in [3.63, 3.8) is 0 Å². The van der Waals surface area contributed by atoms with Gasteiger partial charge in [0.15, 0.2) is 0 Å². The molecule has 0 bridgehead atoms. The Bertz CT molecular complexity index is 574. The molecule has 100 valence electrons. The summed E-state index contributed by atoms with van der Waals surface area (Å²) in [5.41, 5.74) is 2.30. The highest BCUT2D eigenvalue weighted by Gasteiger charge is 2.19. The van der Waals surface area contributed by atoms with Crippen LogP contribution < -0.4 is 4.74 Å². The number of hydrogen-bond donors (Lipinski definition) is 0. The van der Waals surface area contributed by atoms with Crippen LogP contribution in [0.3, 0.4) is 0 Å². The van der Waals surface area contributed by atoms with Crippen molar-refractivity contribution in [2.45, 2.75) is 18.7 Å². The minimum atomic E-state index is -0.509. The lowest BCUT2D eigenvalue weighted by Crippen LogP contribution is -2.04. The van der Waals surface area contributed by atoms with Crippen molar-refractivity contribution in [3.8, 4) is 5.75 Å². The number of nitrogens with zero attached hydrogens (tertiary/aromatic N) is 1. The third-order valence-electron chi connectivity index (χ3n) is 3.04. The van der Waals surface area contributed by atoms with Crippen LogP contribution in [0.25, 0.3) is 0 Å². The fourth-order valence-corrected chi connectivity index (χ4v) is 2.36. The number of aromatic nitrogens is 1. The highest BCUT2D eigenvalue weighted by atomic mass is 35.5. The SMILES string of the molecule is COc1cccc(F)c1C(Cl)Cc1ncccc1C. The Morgan fingerprint density at radius 2 is 2.11 bits per heavy atom. The Labute approximate surface area is 117 Å². The molecule has 2 rings (SSSR count). The van der Waals surface area contributed by atoms with Gasteiger partial charge in [-0.1, -0.05) is 12.1 Å². The van der Waals surface area contributed by atoms with Gasteiger partial charge in [0.05, 0.1) is 12.5 Å². The summed E-state index contributed by atoms with van der Waals surface area (Å²) in [6.07, 6.45) is 2.18. The third-order valence-corrected chi connectivity index (χ3v) is 3.41. The topological polar surface area (TPSA) is 22.1 Å². The fraction of sp³-hybridized carbons (Fsp3) is 0.267. The lowest BCUT2D eigenvalue weighted by atomic mass is 10.0. The molecular formula is C15H15ClFNO. The zero-order valence-corrected chi connectivity index (χ0v) is 11.6. The summed E-state index contributed by atoms with van der Waals surface area (Å²) in [5, 5.41) is -0.509. The second-order valence-electron chi connectivity index (χ2n) is 4.29. The average molecular weight is 280 g/mol. The highest BCUT2D eigenvalue weighted by molar-refractivity contribution is 6.21. The van der Waals surface area contributed by atoms with Crippen LogP contribution in [-0.2, 0) is 6.42 Å². The maximum atomic E-state index is 13.9. The van der Waals surface area contributed by atoms with E-state index in [-0.39, 0.29) is 5.82 Å². The molecule has 0 aliphatic carbocycles. The van der Waals surface area contributed by atoms with Gasteiger partial charge in [0, 0.05) is 23.9 Å². The second-order valence-corrected chi connectivity index (χ2v) is 4.82. The number of ether oxygens (including phenoxy) is 1. The molecule has 0 saturated carbocycles. The third kappa shape index (κ3) is 3.04. The second kappa shape index (κ2) is 6.02. The van der Waals surface area contributed by atoms with E-state index < -0.39 is 5.38 Å². The summed E-state index contributed by atoms with van der Waals surface area (Å²) in [6, 6.07) is 8.53. The number of hydrogen-bond acceptors (Lipinski definition) is 2. The Kier molecular flexibility index (Phi) is 4.38. The molecule has 0 N–H and O–H groups in total. The van der Waals surface area contributed by atoms with E-state index in [1.807, 2.05) is 19.1 Å². The predicted molar refractivity (Wildman–Crippen MR) is 74.2 cm³/mol. The fourth-order valence-electron chi connectivity index (χ4n) is 2.00. The molecule has 2 aromatic rings. The minimum Gasteiger partial charge on any atom is -0.496 e. The summed E-state index contributed by atoms with van der Waals surface area (Å²) in [5.74, 6) is 0.113. The number of rotatable bonds is 4. The first-order valence-electron chi connectivity index (χ1n) is 6.00. The van der Waals surface area contributed by atoms with Crippen molar-refractivity contribution >= 4 is 11.6 Å². The summed E-state index contributed by atoms with van der Waals surface area (Å²) >= 11 is 6.34. The monoisotopic (exact) mass is 279 g/mol. The van der Waals surface area contributed by atoms with Crippen LogP contribution in [0.15, 0.2) is 36.5 Å². The molecule has 19 heavy (non-hydrogen) atoms. The molecule has 1 heterocycles. The minimum absolute atomic E-state index is 0.354. The van der Waals surface area contributed by atoms with Gasteiger partial charge in [0.25, 0.3) is 0 Å². The molecule has 4 heteroatoms. The van der Waals surface area contributed by atoms with E-state index in [4.69, 9.17) is 16.3 Å². The molecule has 1 unspecified atom stereocenters. The summed E-state index contributed by atoms with van der Waals surface area (Å²) in [4.78, 5) is 4.28. The maximum Gasteiger partial charge on any atom is 0.131 e. The van der Waals surface area contributed by atoms with Gasteiger partial charge in [0.2, 0.25) is 0 Å². The molecule has 1 aromatic carbocycles. The van der Waals surface area contributed by atoms with Crippen molar-refractivity contribution in [1.29, 1.82) is 0 Å². The largest absolute Gasteiger partial charge is 0.496 e. The molecule has 0 saturated heterocycles. The Hall–Kier alpha value is -1.61. The van der Waals surface area contributed by atoms with Crippen LogP contribution in [0, 0.1) is 12.7 Å². The van der Waals surface area contributed by atoms with E-state index in [0.717, 1.165) is 11.3 Å². The number of aryl methyl sites for hydroxylation is 1. The molecular weight excluding hydrogens is 265 g/mol. The average Bonchev–Trinajstić information content (AvgIpc) is 2.40. The zero-order chi connectivity index (χ0) is 13.8. The van der Waals surface area contributed by atoms with Crippen LogP contribution in [0.5, 0.6) is 5.75 Å². The van der Waals surface area contributed by atoms with Crippen LogP contribution in [-0.4, -0.2) is 12.1 Å². The number of methoxy groups -OCH3 is 1. The molecule has 1 aromatic heterocycles. The molecule has 0 spiro atoms. The van der Waals surface area contributed by atoms with E-state index in [0.29, 0.717) is 17.7 Å². The first-order chi connectivity index (χ1) is 9.13. The Morgan fingerprint density at radius 1 is 1.32 bits per heavy atom. The molecule has 2 nitrogen and oxygen atoms in total. The maximum absolute atomic E-state index is 13.9. The van der Waals surface area contributed by atoms with Gasteiger partial charge in [-0.25, -0.2) is 4.39 Å². The first kappa shape index (κ1) is 13.8. The molecule has 0 fully saturated rings. The van der Waals surface area contributed by atoms with Gasteiger partial charge in [0.1, 0.15) is 11.6 Å². The van der Waals surface area contributed by atoms with Crippen LogP contribution >= 0.6 is 11.6 Å². The van der Waals surface area contributed by atoms with Gasteiger partial charge in [-0.3, -0.25) is 4.98 Å². The van der Waals surface area contributed by atoms with E-state index in [2.05, 4.69) is 4.98 Å². The van der Waals surface area contributed by atoms with Crippen LogP contribution in [0.4, 0.5) is 4.39 Å². The van der Waals surface area contributed by atoms with Gasteiger partial charge < -0.3 is 4.74 Å². The van der Waals surface area contributed by atoms with Gasteiger partial charge >= 0.3 is 0 Å². The van der Waals surface area contributed by atoms with E-state index in [9.17, 15) is 4.39 Å². The van der Waals surface area contributed by atoms with Gasteiger partial charge in [-0.05, 0) is 30.7 Å². The van der Waals surface area contributed by atoms with Crippen molar-refractivity contribution in [3.05, 3.63) is 59.2 Å². The number of benzene rings is 1. The first-order valence-corrected chi connectivity index (χ1v) is 6.44. The molecule has 0 amide bonds. The normalized spacial score (nSPS) is 12.2. The van der Waals surface area contributed by atoms with E-state index in [1.165, 1.54) is 13.2 Å². The van der Waals surface area contributed by atoms with E-state index >= 15 is 0 Å². The van der Waals surface area contributed by atoms with Crippen LogP contribution in [0.2, 0.25) is 0 Å². The molecule has 0 aliphatic rings. The number of pyridine rings is 1. The smallest absolute Gasteiger partial charge is 0.131 e. The quantitative estimate of drug-likeness (QED) is 0.788. The summed E-state index contributed by atoms with van der Waals surface area (Å²) in [7, 11) is 1.51. The van der Waals surface area contributed by atoms with Gasteiger partial charge in [-0.15, -0.1) is 11.6 Å².